The van der Waals surface area contributed by atoms with Gasteiger partial charge in [0, 0.05) is 16.6 Å². The standard InChI is InChI=1S/C19H18BrClN2O4/c20-13-2-4-14(5-3-13)23-18(25)11-22-17(24)10-12-8-15(21)19-16(9-12)26-6-1-7-27-19/h2-5,8-9H,1,6-7,10-11H2,(H,22,24)(H,23,25). The van der Waals surface area contributed by atoms with E-state index >= 15 is 0 Å². The minimum Gasteiger partial charge on any atom is -0.489 e. The fourth-order valence-electron chi connectivity index (χ4n) is 2.55. The second-order valence-corrected chi connectivity index (χ2v) is 7.29. The molecule has 0 bridgehead atoms. The van der Waals surface area contributed by atoms with Crippen LogP contribution in [0.15, 0.2) is 40.9 Å². The van der Waals surface area contributed by atoms with Crippen molar-refractivity contribution < 1.29 is 19.1 Å². The van der Waals surface area contributed by atoms with Crippen molar-refractivity contribution in [2.45, 2.75) is 12.8 Å². The molecule has 0 saturated carbocycles. The molecular weight excluding hydrogens is 436 g/mol. The van der Waals surface area contributed by atoms with Crippen LogP contribution in [0.3, 0.4) is 0 Å². The van der Waals surface area contributed by atoms with E-state index in [-0.39, 0.29) is 24.8 Å². The summed E-state index contributed by atoms with van der Waals surface area (Å²) in [5.74, 6) is 0.455. The highest BCUT2D eigenvalue weighted by Crippen LogP contribution is 2.38. The Labute approximate surface area is 170 Å². The normalized spacial score (nSPS) is 12.8. The van der Waals surface area contributed by atoms with Crippen molar-refractivity contribution in [3.8, 4) is 11.5 Å². The molecule has 2 amide bonds. The van der Waals surface area contributed by atoms with Gasteiger partial charge in [0.05, 0.1) is 31.2 Å². The Bertz CT molecular complexity index is 842. The van der Waals surface area contributed by atoms with E-state index in [0.717, 1.165) is 10.9 Å². The molecule has 0 atom stereocenters. The predicted octanol–water partition coefficient (Wildman–Crippen LogP) is 3.56. The molecule has 0 spiro atoms. The van der Waals surface area contributed by atoms with Crippen LogP contribution in [0.2, 0.25) is 5.02 Å². The molecule has 27 heavy (non-hydrogen) atoms. The van der Waals surface area contributed by atoms with Crippen molar-refractivity contribution in [3.05, 3.63) is 51.5 Å². The molecule has 0 aromatic heterocycles. The Hall–Kier alpha value is -2.25. The lowest BCUT2D eigenvalue weighted by Gasteiger charge is -2.12. The molecule has 1 aliphatic heterocycles. The number of hydrogen-bond donors (Lipinski definition) is 2. The zero-order valence-electron chi connectivity index (χ0n) is 14.4. The Morgan fingerprint density at radius 3 is 2.59 bits per heavy atom. The fraction of sp³-hybridized carbons (Fsp3) is 0.263. The molecule has 0 unspecified atom stereocenters. The average molecular weight is 454 g/mol. The number of ether oxygens (including phenoxy) is 2. The lowest BCUT2D eigenvalue weighted by atomic mass is 10.1. The largest absolute Gasteiger partial charge is 0.489 e. The monoisotopic (exact) mass is 452 g/mol. The molecule has 2 N–H and O–H groups in total. The Kier molecular flexibility index (Phi) is 6.58. The number of nitrogens with one attached hydrogen (secondary N) is 2. The second-order valence-electron chi connectivity index (χ2n) is 5.96. The van der Waals surface area contributed by atoms with Gasteiger partial charge in [-0.2, -0.15) is 0 Å². The van der Waals surface area contributed by atoms with Crippen LogP contribution in [0.5, 0.6) is 11.5 Å². The summed E-state index contributed by atoms with van der Waals surface area (Å²) in [7, 11) is 0. The molecule has 0 saturated heterocycles. The number of rotatable bonds is 5. The van der Waals surface area contributed by atoms with Crippen molar-refractivity contribution in [2.75, 3.05) is 25.1 Å². The lowest BCUT2D eigenvalue weighted by molar-refractivity contribution is -0.123. The topological polar surface area (TPSA) is 76.7 Å². The first-order chi connectivity index (χ1) is 13.0. The third kappa shape index (κ3) is 5.61. The van der Waals surface area contributed by atoms with E-state index in [0.29, 0.717) is 41.0 Å². The van der Waals surface area contributed by atoms with Crippen LogP contribution in [0, 0.1) is 0 Å². The van der Waals surface area contributed by atoms with Crippen molar-refractivity contribution in [2.24, 2.45) is 0 Å². The summed E-state index contributed by atoms with van der Waals surface area (Å²) >= 11 is 9.56. The van der Waals surface area contributed by atoms with Gasteiger partial charge in [0.2, 0.25) is 11.8 Å². The quantitative estimate of drug-likeness (QED) is 0.726. The molecule has 3 rings (SSSR count). The predicted molar refractivity (Wildman–Crippen MR) is 107 cm³/mol. The van der Waals surface area contributed by atoms with Crippen LogP contribution < -0.4 is 20.1 Å². The van der Waals surface area contributed by atoms with Gasteiger partial charge in [-0.1, -0.05) is 27.5 Å². The van der Waals surface area contributed by atoms with Crippen LogP contribution >= 0.6 is 27.5 Å². The van der Waals surface area contributed by atoms with Crippen molar-refractivity contribution in [1.29, 1.82) is 0 Å². The third-order valence-electron chi connectivity index (χ3n) is 3.80. The van der Waals surface area contributed by atoms with Crippen molar-refractivity contribution in [1.82, 2.24) is 5.32 Å². The molecular formula is C19H18BrClN2O4. The highest BCUT2D eigenvalue weighted by Gasteiger charge is 2.17. The Morgan fingerprint density at radius 2 is 1.81 bits per heavy atom. The SMILES string of the molecule is O=C(Cc1cc(Cl)c2c(c1)OCCCO2)NCC(=O)Nc1ccc(Br)cc1. The smallest absolute Gasteiger partial charge is 0.243 e. The van der Waals surface area contributed by atoms with Crippen LogP contribution in [0.1, 0.15) is 12.0 Å². The number of carbonyl (C=O) groups excluding carboxylic acids is 2. The number of benzene rings is 2. The highest BCUT2D eigenvalue weighted by molar-refractivity contribution is 9.10. The first kappa shape index (κ1) is 19.5. The van der Waals surface area contributed by atoms with Crippen LogP contribution in [0.4, 0.5) is 5.69 Å². The van der Waals surface area contributed by atoms with Gasteiger partial charge in [0.15, 0.2) is 11.5 Å². The minimum atomic E-state index is -0.303. The van der Waals surface area contributed by atoms with Gasteiger partial charge >= 0.3 is 0 Å². The van der Waals surface area contributed by atoms with Crippen LogP contribution in [-0.4, -0.2) is 31.6 Å². The summed E-state index contributed by atoms with van der Waals surface area (Å²) in [6.07, 6.45) is 0.857. The molecule has 0 radical (unpaired) electrons. The molecule has 2 aromatic carbocycles. The van der Waals surface area contributed by atoms with Crippen LogP contribution in [0.25, 0.3) is 0 Å². The zero-order valence-corrected chi connectivity index (χ0v) is 16.7. The van der Waals surface area contributed by atoms with Crippen molar-refractivity contribution >= 4 is 45.0 Å². The average Bonchev–Trinajstić information content (AvgIpc) is 2.88. The first-order valence-electron chi connectivity index (χ1n) is 8.41. The van der Waals surface area contributed by atoms with Gasteiger partial charge in [-0.15, -0.1) is 0 Å². The molecule has 1 heterocycles. The number of halogens is 2. The highest BCUT2D eigenvalue weighted by atomic mass is 79.9. The number of hydrogen-bond acceptors (Lipinski definition) is 4. The maximum atomic E-state index is 12.1. The minimum absolute atomic E-state index is 0.0852. The summed E-state index contributed by atoms with van der Waals surface area (Å²) < 4.78 is 12.1. The molecule has 8 heteroatoms. The van der Waals surface area contributed by atoms with E-state index in [2.05, 4.69) is 26.6 Å². The molecule has 1 aliphatic rings. The summed E-state index contributed by atoms with van der Waals surface area (Å²) in [6, 6.07) is 10.6. The summed E-state index contributed by atoms with van der Waals surface area (Å²) in [5.41, 5.74) is 1.35. The van der Waals surface area contributed by atoms with Gasteiger partial charge in [-0.3, -0.25) is 9.59 Å². The maximum absolute atomic E-state index is 12.1. The molecule has 0 aliphatic carbocycles. The fourth-order valence-corrected chi connectivity index (χ4v) is 3.10. The summed E-state index contributed by atoms with van der Waals surface area (Å²) in [4.78, 5) is 24.1. The molecule has 6 nitrogen and oxygen atoms in total. The van der Waals surface area contributed by atoms with E-state index in [4.69, 9.17) is 21.1 Å². The number of amides is 2. The van der Waals surface area contributed by atoms with Gasteiger partial charge < -0.3 is 20.1 Å². The summed E-state index contributed by atoms with van der Waals surface area (Å²) in [6.45, 7) is 0.961. The van der Waals surface area contributed by atoms with E-state index in [1.807, 2.05) is 12.1 Å². The number of fused-ring (bicyclic) bond motifs is 1. The number of anilines is 1. The number of carbonyl (C=O) groups is 2. The van der Waals surface area contributed by atoms with Gasteiger partial charge in [-0.25, -0.2) is 0 Å². The Balaban J connectivity index is 1.53. The third-order valence-corrected chi connectivity index (χ3v) is 4.61. The maximum Gasteiger partial charge on any atom is 0.243 e. The molecule has 0 fully saturated rings. The van der Waals surface area contributed by atoms with Gasteiger partial charge in [0.1, 0.15) is 0 Å². The molecule has 2 aromatic rings. The first-order valence-corrected chi connectivity index (χ1v) is 9.58. The van der Waals surface area contributed by atoms with Gasteiger partial charge in [-0.05, 0) is 42.0 Å². The summed E-state index contributed by atoms with van der Waals surface area (Å²) in [5, 5.41) is 5.72. The zero-order chi connectivity index (χ0) is 19.2. The van der Waals surface area contributed by atoms with E-state index < -0.39 is 0 Å². The van der Waals surface area contributed by atoms with E-state index in [9.17, 15) is 9.59 Å². The Morgan fingerprint density at radius 1 is 1.07 bits per heavy atom. The second kappa shape index (κ2) is 9.10. The van der Waals surface area contributed by atoms with E-state index in [1.54, 1.807) is 24.3 Å². The van der Waals surface area contributed by atoms with E-state index in [1.165, 1.54) is 0 Å². The lowest BCUT2D eigenvalue weighted by Crippen LogP contribution is -2.33. The molecule has 142 valence electrons. The van der Waals surface area contributed by atoms with Crippen LogP contribution in [-0.2, 0) is 16.0 Å². The van der Waals surface area contributed by atoms with Crippen molar-refractivity contribution in [3.63, 3.8) is 0 Å². The van der Waals surface area contributed by atoms with Gasteiger partial charge in [0.25, 0.3) is 0 Å².